The smallest absolute Gasteiger partial charge is 0.345 e. The molecule has 0 atom stereocenters. The molecule has 2 rings (SSSR count). The highest BCUT2D eigenvalue weighted by atomic mass is 35.5. The van der Waals surface area contributed by atoms with Crippen molar-refractivity contribution in [2.24, 2.45) is 7.05 Å². The van der Waals surface area contributed by atoms with E-state index in [0.29, 0.717) is 0 Å². The number of nitrogens with zero attached hydrogens (tertiary/aromatic N) is 1. The van der Waals surface area contributed by atoms with Crippen molar-refractivity contribution in [3.05, 3.63) is 46.2 Å². The van der Waals surface area contributed by atoms with Gasteiger partial charge in [0, 0.05) is 13.2 Å². The number of sulfonamides is 1. The summed E-state index contributed by atoms with van der Waals surface area (Å²) >= 11 is 5.42. The molecule has 6 nitrogen and oxygen atoms in total. The van der Waals surface area contributed by atoms with Crippen LogP contribution >= 0.6 is 11.6 Å². The van der Waals surface area contributed by atoms with Gasteiger partial charge in [-0.2, -0.15) is 13.2 Å². The molecule has 1 aromatic carbocycles. The van der Waals surface area contributed by atoms with E-state index in [-0.39, 0.29) is 11.3 Å². The molecule has 2 N–H and O–H groups in total. The SMILES string of the molecule is Cc1c(S(=O)(=O)NCC(F)(F)F)cn(C)c1C(=O)Nc1ccc(F)c(Cl)c1F. The second kappa shape index (κ2) is 7.68. The Balaban J connectivity index is 2.36. The lowest BCUT2D eigenvalue weighted by atomic mass is 10.2. The number of amides is 1. The first kappa shape index (κ1) is 22.1. The van der Waals surface area contributed by atoms with Gasteiger partial charge in [0.15, 0.2) is 5.82 Å². The number of hydrogen-bond donors (Lipinski definition) is 2. The highest BCUT2D eigenvalue weighted by Gasteiger charge is 2.32. The monoisotopic (exact) mass is 445 g/mol. The Morgan fingerprint density at radius 1 is 1.25 bits per heavy atom. The van der Waals surface area contributed by atoms with E-state index >= 15 is 0 Å². The summed E-state index contributed by atoms with van der Waals surface area (Å²) in [6, 6.07) is 1.73. The van der Waals surface area contributed by atoms with Gasteiger partial charge in [-0.25, -0.2) is 21.9 Å². The van der Waals surface area contributed by atoms with Crippen molar-refractivity contribution in [3.8, 4) is 0 Å². The van der Waals surface area contributed by atoms with Gasteiger partial charge in [0.05, 0.1) is 5.69 Å². The number of halogens is 6. The van der Waals surface area contributed by atoms with Gasteiger partial charge in [0.25, 0.3) is 5.91 Å². The molecule has 0 aliphatic heterocycles. The van der Waals surface area contributed by atoms with Crippen LogP contribution in [0.1, 0.15) is 16.1 Å². The van der Waals surface area contributed by atoms with E-state index in [9.17, 15) is 35.2 Å². The summed E-state index contributed by atoms with van der Waals surface area (Å²) in [7, 11) is -3.29. The molecular formula is C15H13ClF5N3O3S. The van der Waals surface area contributed by atoms with Crippen LogP contribution in [0.4, 0.5) is 27.6 Å². The minimum atomic E-state index is -4.77. The Labute approximate surface area is 161 Å². The van der Waals surface area contributed by atoms with Crippen LogP contribution < -0.4 is 10.0 Å². The number of rotatable bonds is 5. The lowest BCUT2D eigenvalue weighted by Gasteiger charge is -2.10. The van der Waals surface area contributed by atoms with Gasteiger partial charge in [-0.3, -0.25) is 4.79 Å². The zero-order chi connectivity index (χ0) is 21.4. The first-order valence-electron chi connectivity index (χ1n) is 7.42. The molecule has 0 saturated heterocycles. The van der Waals surface area contributed by atoms with E-state index in [0.717, 1.165) is 22.9 Å². The summed E-state index contributed by atoms with van der Waals surface area (Å²) < 4.78 is 90.7. The van der Waals surface area contributed by atoms with Crippen molar-refractivity contribution in [1.29, 1.82) is 0 Å². The molecule has 1 heterocycles. The maximum absolute atomic E-state index is 13.9. The number of benzene rings is 1. The minimum absolute atomic E-state index is 0.164. The fourth-order valence-electron chi connectivity index (χ4n) is 2.38. The molecular weight excluding hydrogens is 433 g/mol. The molecule has 0 aliphatic rings. The van der Waals surface area contributed by atoms with E-state index in [1.54, 1.807) is 0 Å². The standard InChI is InChI=1S/C15H13ClF5N3O3S/c1-7-10(28(26,27)22-6-15(19,20)21)5-24(2)13(7)14(25)23-9-4-3-8(17)11(16)12(9)18/h3-5,22H,6H2,1-2H3,(H,23,25). The Kier molecular flexibility index (Phi) is 6.07. The first-order valence-corrected chi connectivity index (χ1v) is 9.28. The number of carbonyl (C=O) groups is 1. The van der Waals surface area contributed by atoms with Crippen molar-refractivity contribution in [1.82, 2.24) is 9.29 Å². The quantitative estimate of drug-likeness (QED) is 0.547. The number of hydrogen-bond acceptors (Lipinski definition) is 3. The van der Waals surface area contributed by atoms with E-state index in [1.165, 1.54) is 18.7 Å². The first-order chi connectivity index (χ1) is 12.7. The van der Waals surface area contributed by atoms with E-state index in [1.807, 2.05) is 0 Å². The van der Waals surface area contributed by atoms with Gasteiger partial charge in [0.2, 0.25) is 10.0 Å². The predicted molar refractivity (Wildman–Crippen MR) is 90.7 cm³/mol. The van der Waals surface area contributed by atoms with Crippen LogP contribution in [0.15, 0.2) is 23.2 Å². The van der Waals surface area contributed by atoms with Crippen molar-refractivity contribution < 1.29 is 35.2 Å². The Bertz CT molecular complexity index is 1030. The number of carbonyl (C=O) groups excluding carboxylic acids is 1. The normalized spacial score (nSPS) is 12.3. The summed E-state index contributed by atoms with van der Waals surface area (Å²) in [6.45, 7) is -0.588. The maximum Gasteiger partial charge on any atom is 0.402 e. The number of nitrogens with one attached hydrogen (secondary N) is 2. The predicted octanol–water partition coefficient (Wildman–Crippen LogP) is 3.36. The molecule has 28 heavy (non-hydrogen) atoms. The van der Waals surface area contributed by atoms with Crippen LogP contribution in [0.25, 0.3) is 0 Å². The Morgan fingerprint density at radius 3 is 2.43 bits per heavy atom. The summed E-state index contributed by atoms with van der Waals surface area (Å²) in [4.78, 5) is 11.9. The Hall–Kier alpha value is -2.18. The summed E-state index contributed by atoms with van der Waals surface area (Å²) in [5.41, 5.74) is -0.882. The summed E-state index contributed by atoms with van der Waals surface area (Å²) in [6.07, 6.45) is -3.83. The van der Waals surface area contributed by atoms with Crippen LogP contribution in [-0.4, -0.2) is 31.6 Å². The van der Waals surface area contributed by atoms with Crippen molar-refractivity contribution in [3.63, 3.8) is 0 Å². The van der Waals surface area contributed by atoms with Gasteiger partial charge < -0.3 is 9.88 Å². The molecule has 1 amide bonds. The fraction of sp³-hybridized carbons (Fsp3) is 0.267. The topological polar surface area (TPSA) is 80.2 Å². The average Bonchev–Trinajstić information content (AvgIpc) is 2.88. The van der Waals surface area contributed by atoms with E-state index < -0.39 is 55.9 Å². The number of anilines is 1. The van der Waals surface area contributed by atoms with Gasteiger partial charge in [0.1, 0.15) is 28.0 Å². The van der Waals surface area contributed by atoms with Crippen LogP contribution in [0.2, 0.25) is 5.02 Å². The molecule has 1 aromatic heterocycles. The average molecular weight is 446 g/mol. The number of aryl methyl sites for hydroxylation is 1. The molecule has 2 aromatic rings. The molecule has 0 unspecified atom stereocenters. The van der Waals surface area contributed by atoms with Crippen molar-refractivity contribution in [2.75, 3.05) is 11.9 Å². The van der Waals surface area contributed by atoms with Crippen LogP contribution in [0.5, 0.6) is 0 Å². The minimum Gasteiger partial charge on any atom is -0.345 e. The Morgan fingerprint density at radius 2 is 1.86 bits per heavy atom. The summed E-state index contributed by atoms with van der Waals surface area (Å²) in [5, 5.41) is 1.27. The van der Waals surface area contributed by atoms with Gasteiger partial charge >= 0.3 is 6.18 Å². The maximum atomic E-state index is 13.9. The lowest BCUT2D eigenvalue weighted by molar-refractivity contribution is -0.121. The third kappa shape index (κ3) is 4.62. The molecule has 0 spiro atoms. The third-order valence-electron chi connectivity index (χ3n) is 3.64. The third-order valence-corrected chi connectivity index (χ3v) is 5.50. The van der Waals surface area contributed by atoms with E-state index in [4.69, 9.17) is 11.6 Å². The molecule has 0 fully saturated rings. The van der Waals surface area contributed by atoms with Crippen LogP contribution in [0, 0.1) is 18.6 Å². The zero-order valence-electron chi connectivity index (χ0n) is 14.3. The highest BCUT2D eigenvalue weighted by molar-refractivity contribution is 7.89. The lowest BCUT2D eigenvalue weighted by Crippen LogP contribution is -2.33. The van der Waals surface area contributed by atoms with Gasteiger partial charge in [-0.15, -0.1) is 0 Å². The van der Waals surface area contributed by atoms with Crippen molar-refractivity contribution in [2.45, 2.75) is 18.0 Å². The molecule has 0 bridgehead atoms. The fourth-order valence-corrected chi connectivity index (χ4v) is 3.85. The molecule has 13 heteroatoms. The van der Waals surface area contributed by atoms with Crippen LogP contribution in [0.3, 0.4) is 0 Å². The highest BCUT2D eigenvalue weighted by Crippen LogP contribution is 2.27. The largest absolute Gasteiger partial charge is 0.402 e. The van der Waals surface area contributed by atoms with Gasteiger partial charge in [-0.1, -0.05) is 11.6 Å². The zero-order valence-corrected chi connectivity index (χ0v) is 15.9. The molecule has 0 saturated carbocycles. The summed E-state index contributed by atoms with van der Waals surface area (Å²) in [5.74, 6) is -3.25. The number of aromatic nitrogens is 1. The second-order valence-electron chi connectivity index (χ2n) is 5.69. The van der Waals surface area contributed by atoms with Gasteiger partial charge in [-0.05, 0) is 24.6 Å². The molecule has 0 radical (unpaired) electrons. The number of alkyl halides is 3. The van der Waals surface area contributed by atoms with Crippen molar-refractivity contribution >= 4 is 33.2 Å². The molecule has 154 valence electrons. The van der Waals surface area contributed by atoms with E-state index in [2.05, 4.69) is 5.32 Å². The second-order valence-corrected chi connectivity index (χ2v) is 7.81. The molecule has 0 aliphatic carbocycles. The van der Waals surface area contributed by atoms with Crippen LogP contribution in [-0.2, 0) is 17.1 Å².